The lowest BCUT2D eigenvalue weighted by Crippen LogP contribution is -2.47. The topological polar surface area (TPSA) is 87.1 Å². The van der Waals surface area contributed by atoms with Crippen molar-refractivity contribution >= 4 is 12.2 Å². The lowest BCUT2D eigenvalue weighted by Gasteiger charge is -2.36. The molecule has 1 aliphatic heterocycles. The van der Waals surface area contributed by atoms with Gasteiger partial charge in [0.05, 0.1) is 11.6 Å². The summed E-state index contributed by atoms with van der Waals surface area (Å²) in [6.07, 6.45) is 3.73. The molecule has 2 aromatic carbocycles. The van der Waals surface area contributed by atoms with E-state index in [0.717, 1.165) is 24.8 Å². The molecule has 3 rings (SSSR count). The molecule has 6 heteroatoms. The maximum absolute atomic E-state index is 13.2. The molecule has 28 heavy (non-hydrogen) atoms. The molecule has 0 saturated carbocycles. The SMILES string of the molecule is O=Cc1c(O)cccc1OCC1CCCCN1C(=O)c1ccccc1CCO. The summed E-state index contributed by atoms with van der Waals surface area (Å²) < 4.78 is 5.82. The molecule has 1 amide bonds. The van der Waals surface area contributed by atoms with Crippen LogP contribution in [0.5, 0.6) is 11.5 Å². The number of rotatable bonds is 7. The van der Waals surface area contributed by atoms with Crippen LogP contribution in [-0.2, 0) is 6.42 Å². The van der Waals surface area contributed by atoms with E-state index in [4.69, 9.17) is 4.74 Å². The van der Waals surface area contributed by atoms with E-state index in [1.54, 1.807) is 18.2 Å². The van der Waals surface area contributed by atoms with Crippen molar-refractivity contribution in [2.45, 2.75) is 31.7 Å². The summed E-state index contributed by atoms with van der Waals surface area (Å²) in [6.45, 7) is 0.877. The summed E-state index contributed by atoms with van der Waals surface area (Å²) in [6, 6.07) is 11.9. The maximum atomic E-state index is 13.2. The van der Waals surface area contributed by atoms with Gasteiger partial charge in [-0.05, 0) is 49.4 Å². The molecule has 148 valence electrons. The van der Waals surface area contributed by atoms with Gasteiger partial charge in [0.1, 0.15) is 18.1 Å². The Balaban J connectivity index is 1.77. The van der Waals surface area contributed by atoms with Gasteiger partial charge in [0.15, 0.2) is 6.29 Å². The molecule has 1 fully saturated rings. The van der Waals surface area contributed by atoms with Gasteiger partial charge in [-0.2, -0.15) is 0 Å². The van der Waals surface area contributed by atoms with Crippen LogP contribution < -0.4 is 4.74 Å². The Morgan fingerprint density at radius 2 is 2.00 bits per heavy atom. The third-order valence-corrected chi connectivity index (χ3v) is 5.11. The smallest absolute Gasteiger partial charge is 0.254 e. The fourth-order valence-corrected chi connectivity index (χ4v) is 3.63. The third-order valence-electron chi connectivity index (χ3n) is 5.11. The molecule has 1 aliphatic rings. The van der Waals surface area contributed by atoms with Crippen LogP contribution in [0.1, 0.15) is 45.5 Å². The second-order valence-corrected chi connectivity index (χ2v) is 6.90. The quantitative estimate of drug-likeness (QED) is 0.718. The molecular weight excluding hydrogens is 358 g/mol. The zero-order chi connectivity index (χ0) is 19.9. The summed E-state index contributed by atoms with van der Waals surface area (Å²) in [5, 5.41) is 19.1. The second kappa shape index (κ2) is 9.37. The first-order chi connectivity index (χ1) is 13.7. The van der Waals surface area contributed by atoms with Gasteiger partial charge < -0.3 is 19.8 Å². The minimum Gasteiger partial charge on any atom is -0.507 e. The van der Waals surface area contributed by atoms with Crippen LogP contribution in [-0.4, -0.2) is 53.1 Å². The van der Waals surface area contributed by atoms with Crippen molar-refractivity contribution in [3.8, 4) is 11.5 Å². The van der Waals surface area contributed by atoms with Crippen molar-refractivity contribution < 1.29 is 24.5 Å². The minimum absolute atomic E-state index is 0.0111. The molecule has 2 N–H and O–H groups in total. The number of carbonyl (C=O) groups is 2. The Bertz CT molecular complexity index is 835. The van der Waals surface area contributed by atoms with E-state index in [1.807, 2.05) is 23.1 Å². The summed E-state index contributed by atoms with van der Waals surface area (Å²) >= 11 is 0. The molecule has 1 heterocycles. The van der Waals surface area contributed by atoms with Crippen LogP contribution in [0.4, 0.5) is 0 Å². The number of phenols is 1. The van der Waals surface area contributed by atoms with Gasteiger partial charge >= 0.3 is 0 Å². The zero-order valence-corrected chi connectivity index (χ0v) is 15.7. The number of aliphatic hydroxyl groups excluding tert-OH is 1. The van der Waals surface area contributed by atoms with Crippen molar-refractivity contribution in [1.29, 1.82) is 0 Å². The highest BCUT2D eigenvalue weighted by Crippen LogP contribution is 2.27. The second-order valence-electron chi connectivity index (χ2n) is 6.90. The molecule has 6 nitrogen and oxygen atoms in total. The number of likely N-dealkylation sites (tertiary alicyclic amines) is 1. The fraction of sp³-hybridized carbons (Fsp3) is 0.364. The number of phenolic OH excluding ortho intramolecular Hbond substituents is 1. The van der Waals surface area contributed by atoms with Crippen LogP contribution >= 0.6 is 0 Å². The molecule has 0 bridgehead atoms. The molecule has 1 saturated heterocycles. The van der Waals surface area contributed by atoms with Gasteiger partial charge in [-0.1, -0.05) is 24.3 Å². The maximum Gasteiger partial charge on any atom is 0.254 e. The molecule has 2 aromatic rings. The van der Waals surface area contributed by atoms with E-state index in [9.17, 15) is 19.8 Å². The summed E-state index contributed by atoms with van der Waals surface area (Å²) in [4.78, 5) is 26.2. The normalized spacial score (nSPS) is 16.6. The highest BCUT2D eigenvalue weighted by molar-refractivity contribution is 5.96. The van der Waals surface area contributed by atoms with Crippen LogP contribution in [0.3, 0.4) is 0 Å². The first-order valence-corrected chi connectivity index (χ1v) is 9.55. The van der Waals surface area contributed by atoms with E-state index in [-0.39, 0.29) is 36.5 Å². The largest absolute Gasteiger partial charge is 0.507 e. The Labute approximate surface area is 164 Å². The third kappa shape index (κ3) is 4.34. The number of hydrogen-bond donors (Lipinski definition) is 2. The number of aliphatic hydroxyl groups is 1. The van der Waals surface area contributed by atoms with Crippen LogP contribution in [0.15, 0.2) is 42.5 Å². The molecule has 1 atom stereocenters. The van der Waals surface area contributed by atoms with Crippen LogP contribution in [0.2, 0.25) is 0 Å². The van der Waals surface area contributed by atoms with E-state index in [0.29, 0.717) is 30.6 Å². The lowest BCUT2D eigenvalue weighted by atomic mass is 9.98. The predicted octanol–water partition coefficient (Wildman–Crippen LogP) is 2.81. The first-order valence-electron chi connectivity index (χ1n) is 9.55. The molecule has 1 unspecified atom stereocenters. The van der Waals surface area contributed by atoms with E-state index in [2.05, 4.69) is 0 Å². The highest BCUT2D eigenvalue weighted by atomic mass is 16.5. The Morgan fingerprint density at radius 1 is 1.18 bits per heavy atom. The van der Waals surface area contributed by atoms with Gasteiger partial charge in [0.25, 0.3) is 5.91 Å². The highest BCUT2D eigenvalue weighted by Gasteiger charge is 2.29. The average molecular weight is 383 g/mol. The van der Waals surface area contributed by atoms with E-state index < -0.39 is 0 Å². The van der Waals surface area contributed by atoms with Gasteiger partial charge in [-0.3, -0.25) is 9.59 Å². The van der Waals surface area contributed by atoms with E-state index in [1.165, 1.54) is 6.07 Å². The zero-order valence-electron chi connectivity index (χ0n) is 15.7. The number of hydrogen-bond acceptors (Lipinski definition) is 5. The van der Waals surface area contributed by atoms with Crippen molar-refractivity contribution in [3.63, 3.8) is 0 Å². The van der Waals surface area contributed by atoms with Crippen molar-refractivity contribution in [1.82, 2.24) is 4.90 Å². The van der Waals surface area contributed by atoms with Crippen LogP contribution in [0.25, 0.3) is 0 Å². The summed E-state index contributed by atoms with van der Waals surface area (Å²) in [7, 11) is 0. The van der Waals surface area contributed by atoms with Crippen molar-refractivity contribution in [2.75, 3.05) is 19.8 Å². The number of aromatic hydroxyl groups is 1. The molecule has 0 spiro atoms. The average Bonchev–Trinajstić information content (AvgIpc) is 2.72. The Hall–Kier alpha value is -2.86. The first kappa shape index (κ1) is 19.9. The van der Waals surface area contributed by atoms with Gasteiger partial charge in [0, 0.05) is 18.7 Å². The number of benzene rings is 2. The lowest BCUT2D eigenvalue weighted by molar-refractivity contribution is 0.0525. The Morgan fingerprint density at radius 3 is 2.79 bits per heavy atom. The molecule has 0 aromatic heterocycles. The van der Waals surface area contributed by atoms with Crippen molar-refractivity contribution in [3.05, 3.63) is 59.2 Å². The number of nitrogens with zero attached hydrogens (tertiary/aromatic N) is 1. The minimum atomic E-state index is -0.123. The van der Waals surface area contributed by atoms with Gasteiger partial charge in [-0.15, -0.1) is 0 Å². The van der Waals surface area contributed by atoms with E-state index >= 15 is 0 Å². The fourth-order valence-electron chi connectivity index (χ4n) is 3.63. The standard InChI is InChI=1S/C22H25NO5/c24-13-11-16-6-1-2-8-18(16)22(27)23-12-4-3-7-17(23)15-28-21-10-5-9-20(26)19(21)14-25/h1-2,5-6,8-10,14,17,24,26H,3-4,7,11-13,15H2. The van der Waals surface area contributed by atoms with Gasteiger partial charge in [-0.25, -0.2) is 0 Å². The number of piperidine rings is 1. The molecule has 0 radical (unpaired) electrons. The predicted molar refractivity (Wildman–Crippen MR) is 105 cm³/mol. The number of aldehydes is 1. The van der Waals surface area contributed by atoms with Gasteiger partial charge in [0.2, 0.25) is 0 Å². The summed E-state index contributed by atoms with van der Waals surface area (Å²) in [5.41, 5.74) is 1.55. The number of carbonyl (C=O) groups excluding carboxylic acids is 2. The summed E-state index contributed by atoms with van der Waals surface area (Å²) in [5.74, 6) is 0.125. The van der Waals surface area contributed by atoms with Crippen LogP contribution in [0, 0.1) is 0 Å². The number of amides is 1. The number of ether oxygens (including phenoxy) is 1. The molecular formula is C22H25NO5. The Kier molecular flexibility index (Phi) is 6.66. The molecule has 0 aliphatic carbocycles. The van der Waals surface area contributed by atoms with Crippen molar-refractivity contribution in [2.24, 2.45) is 0 Å². The monoisotopic (exact) mass is 383 g/mol.